The number of rotatable bonds is 4. The molecule has 0 bridgehead atoms. The molecule has 0 unspecified atom stereocenters. The number of hydrogen-bond donors (Lipinski definition) is 1. The molecule has 0 spiro atoms. The second kappa shape index (κ2) is 6.49. The Labute approximate surface area is 135 Å². The molecule has 1 N–H and O–H groups in total. The second-order valence-electron chi connectivity index (χ2n) is 4.62. The van der Waals surface area contributed by atoms with Gasteiger partial charge in [0.15, 0.2) is 5.69 Å². The van der Waals surface area contributed by atoms with E-state index in [-0.39, 0.29) is 5.69 Å². The van der Waals surface area contributed by atoms with Gasteiger partial charge in [0.2, 0.25) is 10.6 Å². The number of amides is 1. The molecule has 0 atom stereocenters. The lowest BCUT2D eigenvalue weighted by Gasteiger charge is -2.06. The van der Waals surface area contributed by atoms with Crippen molar-refractivity contribution in [3.63, 3.8) is 0 Å². The van der Waals surface area contributed by atoms with Crippen LogP contribution in [0.2, 0.25) is 0 Å². The van der Waals surface area contributed by atoms with Crippen LogP contribution >= 0.6 is 11.3 Å². The molecule has 23 heavy (non-hydrogen) atoms. The Bertz CT molecular complexity index is 888. The molecule has 0 aliphatic heterocycles. The van der Waals surface area contributed by atoms with E-state index in [9.17, 15) is 9.59 Å². The number of carbonyl (C=O) groups excluding carboxylic acids is 1. The topological polar surface area (TPSA) is 89.8 Å². The summed E-state index contributed by atoms with van der Waals surface area (Å²) in [5, 5.41) is 15.6. The fourth-order valence-electron chi connectivity index (χ4n) is 1.89. The third kappa shape index (κ3) is 3.32. The molecular weight excluding hydrogens is 314 g/mol. The van der Waals surface area contributed by atoms with Crippen LogP contribution in [-0.4, -0.2) is 25.9 Å². The lowest BCUT2D eigenvalue weighted by atomic mass is 10.3. The van der Waals surface area contributed by atoms with E-state index in [0.29, 0.717) is 5.13 Å². The van der Waals surface area contributed by atoms with Gasteiger partial charge in [0, 0.05) is 12.3 Å². The first kappa shape index (κ1) is 15.0. The number of hydrogen-bond acceptors (Lipinski definition) is 6. The summed E-state index contributed by atoms with van der Waals surface area (Å²) in [5.41, 5.74) is 0.116. The molecule has 1 aromatic carbocycles. The molecule has 0 saturated carbocycles. The minimum atomic E-state index is -0.598. The quantitative estimate of drug-likeness (QED) is 0.790. The van der Waals surface area contributed by atoms with E-state index in [4.69, 9.17) is 0 Å². The van der Waals surface area contributed by atoms with Crippen molar-refractivity contribution in [1.82, 2.24) is 20.0 Å². The molecule has 2 heterocycles. The zero-order valence-electron chi connectivity index (χ0n) is 12.3. The first-order valence-corrected chi connectivity index (χ1v) is 7.78. The highest BCUT2D eigenvalue weighted by atomic mass is 32.1. The van der Waals surface area contributed by atoms with Crippen molar-refractivity contribution < 1.29 is 4.79 Å². The molecule has 3 aromatic rings. The number of nitrogens with zero attached hydrogens (tertiary/aromatic N) is 4. The number of carbonyl (C=O) groups is 1. The third-order valence-corrected chi connectivity index (χ3v) is 4.02. The fraction of sp³-hybridized carbons (Fsp3) is 0.133. The van der Waals surface area contributed by atoms with Gasteiger partial charge in [-0.05, 0) is 18.6 Å². The maximum atomic E-state index is 12.3. The summed E-state index contributed by atoms with van der Waals surface area (Å²) in [5.74, 6) is -0.598. The minimum Gasteiger partial charge on any atom is -0.295 e. The first-order valence-electron chi connectivity index (χ1n) is 6.96. The molecule has 0 fully saturated rings. The zero-order chi connectivity index (χ0) is 16.2. The molecule has 7 nitrogen and oxygen atoms in total. The molecule has 0 radical (unpaired) electrons. The summed E-state index contributed by atoms with van der Waals surface area (Å²) in [6, 6.07) is 10.5. The summed E-state index contributed by atoms with van der Waals surface area (Å²) in [7, 11) is 0. The summed E-state index contributed by atoms with van der Waals surface area (Å²) in [4.78, 5) is 24.2. The van der Waals surface area contributed by atoms with Crippen LogP contribution in [0.25, 0.3) is 5.69 Å². The van der Waals surface area contributed by atoms with E-state index in [1.165, 1.54) is 28.3 Å². The van der Waals surface area contributed by atoms with Crippen LogP contribution in [0.4, 0.5) is 5.13 Å². The van der Waals surface area contributed by atoms with E-state index >= 15 is 0 Å². The van der Waals surface area contributed by atoms with Gasteiger partial charge >= 0.3 is 0 Å². The number of benzene rings is 1. The Morgan fingerprint density at radius 1 is 1.22 bits per heavy atom. The van der Waals surface area contributed by atoms with E-state index < -0.39 is 11.3 Å². The number of anilines is 1. The van der Waals surface area contributed by atoms with E-state index in [1.54, 1.807) is 0 Å². The Morgan fingerprint density at radius 2 is 2.00 bits per heavy atom. The molecule has 116 valence electrons. The van der Waals surface area contributed by atoms with Gasteiger partial charge in [-0.25, -0.2) is 4.68 Å². The van der Waals surface area contributed by atoms with E-state index in [2.05, 4.69) is 20.6 Å². The predicted molar refractivity (Wildman–Crippen MR) is 87.1 cm³/mol. The fourth-order valence-corrected chi connectivity index (χ4v) is 2.57. The Kier molecular flexibility index (Phi) is 4.24. The van der Waals surface area contributed by atoms with Gasteiger partial charge in [0.25, 0.3) is 5.91 Å². The largest absolute Gasteiger partial charge is 0.295 e. The SMILES string of the molecule is CCc1nnc(NC(=O)c2nn(-c3ccccc3)ccc2=O)s1. The Balaban J connectivity index is 1.89. The second-order valence-corrected chi connectivity index (χ2v) is 5.68. The maximum Gasteiger partial charge on any atom is 0.282 e. The van der Waals surface area contributed by atoms with Crippen LogP contribution in [0.5, 0.6) is 0 Å². The maximum absolute atomic E-state index is 12.3. The lowest BCUT2D eigenvalue weighted by molar-refractivity contribution is 0.101. The van der Waals surface area contributed by atoms with Crippen molar-refractivity contribution in [3.05, 3.63) is 63.5 Å². The molecule has 1 amide bonds. The normalized spacial score (nSPS) is 10.5. The van der Waals surface area contributed by atoms with Gasteiger partial charge < -0.3 is 0 Å². The molecule has 2 aromatic heterocycles. The molecule has 0 saturated heterocycles. The third-order valence-electron chi connectivity index (χ3n) is 3.03. The number of nitrogens with one attached hydrogen (secondary N) is 1. The molecule has 3 rings (SSSR count). The average Bonchev–Trinajstić information content (AvgIpc) is 3.03. The van der Waals surface area contributed by atoms with Crippen LogP contribution in [0.15, 0.2) is 47.4 Å². The van der Waals surface area contributed by atoms with Crippen LogP contribution < -0.4 is 10.7 Å². The summed E-state index contributed by atoms with van der Waals surface area (Å²) >= 11 is 1.27. The van der Waals surface area contributed by atoms with Crippen molar-refractivity contribution in [2.24, 2.45) is 0 Å². The van der Waals surface area contributed by atoms with Gasteiger partial charge in [0.1, 0.15) is 5.01 Å². The monoisotopic (exact) mass is 327 g/mol. The zero-order valence-corrected chi connectivity index (χ0v) is 13.1. The predicted octanol–water partition coefficient (Wildman–Crippen LogP) is 1.90. The Morgan fingerprint density at radius 3 is 2.70 bits per heavy atom. The Hall–Kier alpha value is -2.87. The van der Waals surface area contributed by atoms with Crippen LogP contribution in [0, 0.1) is 0 Å². The highest BCUT2D eigenvalue weighted by molar-refractivity contribution is 7.15. The molecule has 8 heteroatoms. The number of aryl methyl sites for hydroxylation is 1. The minimum absolute atomic E-state index is 0.190. The standard InChI is InChI=1S/C15H13N5O2S/c1-2-12-17-18-15(23-12)16-14(22)13-11(21)8-9-20(19-13)10-6-4-3-5-7-10/h3-9H,2H2,1H3,(H,16,18,22). The first-order chi connectivity index (χ1) is 11.2. The van der Waals surface area contributed by atoms with Crippen molar-refractivity contribution in [3.8, 4) is 5.69 Å². The van der Waals surface area contributed by atoms with Crippen LogP contribution in [-0.2, 0) is 6.42 Å². The van der Waals surface area contributed by atoms with E-state index in [0.717, 1.165) is 17.1 Å². The van der Waals surface area contributed by atoms with Crippen molar-refractivity contribution >= 4 is 22.4 Å². The summed E-state index contributed by atoms with van der Waals surface area (Å²) < 4.78 is 1.48. The molecular formula is C15H13N5O2S. The number of para-hydroxylation sites is 1. The smallest absolute Gasteiger partial charge is 0.282 e. The van der Waals surface area contributed by atoms with Gasteiger partial charge in [-0.15, -0.1) is 10.2 Å². The average molecular weight is 327 g/mol. The van der Waals surface area contributed by atoms with Crippen LogP contribution in [0.3, 0.4) is 0 Å². The van der Waals surface area contributed by atoms with Crippen molar-refractivity contribution in [2.45, 2.75) is 13.3 Å². The summed E-state index contributed by atoms with van der Waals surface area (Å²) in [6.45, 7) is 1.95. The van der Waals surface area contributed by atoms with Gasteiger partial charge in [-0.1, -0.05) is 36.5 Å². The van der Waals surface area contributed by atoms with Gasteiger partial charge in [-0.2, -0.15) is 5.10 Å². The molecule has 0 aliphatic rings. The highest BCUT2D eigenvalue weighted by Gasteiger charge is 2.15. The lowest BCUT2D eigenvalue weighted by Crippen LogP contribution is -2.25. The van der Waals surface area contributed by atoms with Gasteiger partial charge in [0.05, 0.1) is 5.69 Å². The molecule has 0 aliphatic carbocycles. The van der Waals surface area contributed by atoms with Crippen LogP contribution in [0.1, 0.15) is 22.4 Å². The van der Waals surface area contributed by atoms with E-state index in [1.807, 2.05) is 37.3 Å². The highest BCUT2D eigenvalue weighted by Crippen LogP contribution is 2.15. The van der Waals surface area contributed by atoms with Crippen molar-refractivity contribution in [2.75, 3.05) is 5.32 Å². The van der Waals surface area contributed by atoms with Gasteiger partial charge in [-0.3, -0.25) is 14.9 Å². The number of aromatic nitrogens is 4. The van der Waals surface area contributed by atoms with Crippen molar-refractivity contribution in [1.29, 1.82) is 0 Å². The summed E-state index contributed by atoms with van der Waals surface area (Å²) in [6.07, 6.45) is 2.26.